The highest BCUT2D eigenvalue weighted by Gasteiger charge is 2.51. The zero-order valence-electron chi connectivity index (χ0n) is 15.8. The molecule has 1 aromatic heterocycles. The van der Waals surface area contributed by atoms with Gasteiger partial charge in [0.05, 0.1) is 26.8 Å². The van der Waals surface area contributed by atoms with Crippen LogP contribution in [-0.4, -0.2) is 31.2 Å². The van der Waals surface area contributed by atoms with Gasteiger partial charge in [0.2, 0.25) is 0 Å². The lowest BCUT2D eigenvalue weighted by atomic mass is 10.1. The van der Waals surface area contributed by atoms with E-state index in [-0.39, 0.29) is 17.4 Å². The van der Waals surface area contributed by atoms with Crippen molar-refractivity contribution in [3.63, 3.8) is 0 Å². The van der Waals surface area contributed by atoms with Crippen LogP contribution in [0, 0.1) is 0 Å². The number of aliphatic hydroxyl groups is 1. The van der Waals surface area contributed by atoms with Gasteiger partial charge in [0, 0.05) is 16.6 Å². The molecule has 0 bridgehead atoms. The van der Waals surface area contributed by atoms with Gasteiger partial charge in [-0.3, -0.25) is 4.79 Å². The van der Waals surface area contributed by atoms with Crippen molar-refractivity contribution in [1.82, 2.24) is 4.98 Å². The zero-order valence-corrected chi connectivity index (χ0v) is 16.8. The first-order chi connectivity index (χ1) is 10.9. The van der Waals surface area contributed by atoms with Crippen LogP contribution in [0.5, 0.6) is 0 Å². The first-order valence-electron chi connectivity index (χ1n) is 8.31. The van der Waals surface area contributed by atoms with Gasteiger partial charge in [0.1, 0.15) is 0 Å². The van der Waals surface area contributed by atoms with Gasteiger partial charge < -0.3 is 14.8 Å². The lowest BCUT2D eigenvalue weighted by Gasteiger charge is -2.47. The molecule has 0 saturated heterocycles. The van der Waals surface area contributed by atoms with Crippen LogP contribution in [0.4, 0.5) is 0 Å². The number of fused-ring (bicyclic) bond motifs is 1. The first-order valence-corrected chi connectivity index (χ1v) is 11.3. The number of aromatic nitrogens is 1. The van der Waals surface area contributed by atoms with Crippen LogP contribution in [0.25, 0.3) is 10.9 Å². The predicted octanol–water partition coefficient (Wildman–Crippen LogP) is 4.14. The number of rotatable bonds is 4. The summed E-state index contributed by atoms with van der Waals surface area (Å²) in [6, 6.07) is 7.87. The maximum absolute atomic E-state index is 11.5. The molecule has 0 spiro atoms. The van der Waals surface area contributed by atoms with Crippen LogP contribution in [0.2, 0.25) is 18.1 Å². The van der Waals surface area contributed by atoms with Crippen LogP contribution in [-0.2, 0) is 21.2 Å². The third kappa shape index (κ3) is 3.15. The molecule has 0 radical (unpaired) electrons. The number of hydrogen-bond acceptors (Lipinski definition) is 3. The van der Waals surface area contributed by atoms with Crippen LogP contribution < -0.4 is 0 Å². The van der Waals surface area contributed by atoms with Crippen molar-refractivity contribution in [3.8, 4) is 0 Å². The normalized spacial score (nSPS) is 15.3. The van der Waals surface area contributed by atoms with Gasteiger partial charge in [-0.2, -0.15) is 0 Å². The number of methoxy groups -OCH3 is 1. The van der Waals surface area contributed by atoms with E-state index in [2.05, 4.69) is 38.8 Å². The molecule has 1 heterocycles. The number of carbonyl (C=O) groups excluding carboxylic acids is 1. The third-order valence-electron chi connectivity index (χ3n) is 5.88. The summed E-state index contributed by atoms with van der Waals surface area (Å²) in [5, 5.41) is 11.5. The maximum atomic E-state index is 11.5. The monoisotopic (exact) mass is 347 g/mol. The summed E-state index contributed by atoms with van der Waals surface area (Å²) in [7, 11) is -0.637. The van der Waals surface area contributed by atoms with Crippen LogP contribution in [0.1, 0.15) is 39.0 Å². The van der Waals surface area contributed by atoms with E-state index in [1.54, 1.807) is 0 Å². The summed E-state index contributed by atoms with van der Waals surface area (Å²) >= 11 is 0. The van der Waals surface area contributed by atoms with E-state index in [0.29, 0.717) is 0 Å². The number of carbonyl (C=O) groups is 1. The number of aromatic amines is 1. The van der Waals surface area contributed by atoms with Crippen LogP contribution in [0.15, 0.2) is 24.3 Å². The maximum Gasteiger partial charge on any atom is 0.309 e. The Morgan fingerprint density at radius 3 is 2.38 bits per heavy atom. The summed E-state index contributed by atoms with van der Waals surface area (Å²) in [4.78, 5) is 14.8. The molecular formula is C19H29NO3Si. The van der Waals surface area contributed by atoms with E-state index >= 15 is 0 Å². The Labute approximate surface area is 145 Å². The summed E-state index contributed by atoms with van der Waals surface area (Å²) < 4.78 is 4.73. The molecule has 1 aromatic carbocycles. The second-order valence-electron chi connectivity index (χ2n) is 8.30. The summed E-state index contributed by atoms with van der Waals surface area (Å²) in [6.07, 6.45) is 0.256. The Bertz CT molecular complexity index is 754. The minimum absolute atomic E-state index is 0.0594. The highest BCUT2D eigenvalue weighted by molar-refractivity contribution is 6.82. The fourth-order valence-corrected chi connectivity index (χ4v) is 5.13. The third-order valence-corrected chi connectivity index (χ3v) is 12.3. The molecular weight excluding hydrogens is 318 g/mol. The molecule has 2 rings (SSSR count). The number of esters is 1. The number of ether oxygens (including phenoxy) is 1. The van der Waals surface area contributed by atoms with Crippen LogP contribution >= 0.6 is 0 Å². The smallest absolute Gasteiger partial charge is 0.309 e. The minimum atomic E-state index is -2.03. The Morgan fingerprint density at radius 2 is 1.83 bits per heavy atom. The fraction of sp³-hybridized carbons (Fsp3) is 0.526. The van der Waals surface area contributed by atoms with Crippen molar-refractivity contribution >= 4 is 24.9 Å². The molecule has 0 fully saturated rings. The van der Waals surface area contributed by atoms with Gasteiger partial charge in [0.25, 0.3) is 0 Å². The molecule has 0 aliphatic rings. The van der Waals surface area contributed by atoms with Crippen molar-refractivity contribution in [2.75, 3.05) is 7.11 Å². The molecule has 4 nitrogen and oxygen atoms in total. The predicted molar refractivity (Wildman–Crippen MR) is 101 cm³/mol. The Hall–Kier alpha value is -1.59. The highest BCUT2D eigenvalue weighted by Crippen LogP contribution is 2.47. The molecule has 24 heavy (non-hydrogen) atoms. The lowest BCUT2D eigenvalue weighted by Crippen LogP contribution is -2.56. The van der Waals surface area contributed by atoms with Gasteiger partial charge in [-0.25, -0.2) is 0 Å². The summed E-state index contributed by atoms with van der Waals surface area (Å²) in [5.41, 5.74) is 2.73. The van der Waals surface area contributed by atoms with E-state index in [9.17, 15) is 9.90 Å². The highest BCUT2D eigenvalue weighted by atomic mass is 28.3. The molecule has 0 amide bonds. The molecule has 2 aromatic rings. The minimum Gasteiger partial charge on any atom is -0.469 e. The van der Waals surface area contributed by atoms with E-state index in [0.717, 1.165) is 22.2 Å². The van der Waals surface area contributed by atoms with Crippen molar-refractivity contribution < 1.29 is 14.6 Å². The van der Waals surface area contributed by atoms with Crippen LogP contribution in [0.3, 0.4) is 0 Å². The quantitative estimate of drug-likeness (QED) is 0.645. The largest absolute Gasteiger partial charge is 0.469 e. The first kappa shape index (κ1) is 18.7. The molecule has 0 saturated carbocycles. The second kappa shape index (κ2) is 6.04. The Kier molecular flexibility index (Phi) is 4.72. The average Bonchev–Trinajstić information content (AvgIpc) is 2.89. The fourth-order valence-electron chi connectivity index (χ4n) is 2.86. The van der Waals surface area contributed by atoms with E-state index < -0.39 is 13.3 Å². The molecule has 0 aliphatic heterocycles. The number of nitrogens with one attached hydrogen (secondary N) is 1. The topological polar surface area (TPSA) is 62.3 Å². The van der Waals surface area contributed by atoms with Gasteiger partial charge in [-0.1, -0.05) is 39.9 Å². The SMILES string of the molecule is COC(=O)Cc1ccc2[nH]c(C(C)(O)[Si](C)(C)C(C)(C)C)cc2c1. The standard InChI is InChI=1S/C19H29NO3Si/c1-18(2,3)24(6,7)19(4,22)16-12-14-10-13(11-17(21)23-5)8-9-15(14)20-16/h8-10,12,20,22H,11H2,1-7H3. The summed E-state index contributed by atoms with van der Waals surface area (Å²) in [6.45, 7) is 13.0. The zero-order chi connectivity index (χ0) is 18.3. The lowest BCUT2D eigenvalue weighted by molar-refractivity contribution is -0.139. The molecule has 2 N–H and O–H groups in total. The van der Waals surface area contributed by atoms with Crippen molar-refractivity contribution in [2.45, 2.75) is 57.5 Å². The van der Waals surface area contributed by atoms with Crippen molar-refractivity contribution in [3.05, 3.63) is 35.5 Å². The van der Waals surface area contributed by atoms with Gasteiger partial charge in [-0.05, 0) is 35.7 Å². The number of hydrogen-bond donors (Lipinski definition) is 2. The Balaban J connectivity index is 2.45. The van der Waals surface area contributed by atoms with Gasteiger partial charge in [0.15, 0.2) is 0 Å². The van der Waals surface area contributed by atoms with E-state index in [1.165, 1.54) is 7.11 Å². The average molecular weight is 348 g/mol. The van der Waals surface area contributed by atoms with Crippen molar-refractivity contribution in [1.29, 1.82) is 0 Å². The molecule has 5 heteroatoms. The molecule has 1 unspecified atom stereocenters. The Morgan fingerprint density at radius 1 is 1.21 bits per heavy atom. The number of benzene rings is 1. The molecule has 132 valence electrons. The second-order valence-corrected chi connectivity index (χ2v) is 14.0. The van der Waals surface area contributed by atoms with E-state index in [4.69, 9.17) is 4.74 Å². The molecule has 1 atom stereocenters. The van der Waals surface area contributed by atoms with Gasteiger partial charge >= 0.3 is 5.97 Å². The number of H-pyrrole nitrogens is 1. The summed E-state index contributed by atoms with van der Waals surface area (Å²) in [5.74, 6) is -0.252. The van der Waals surface area contributed by atoms with Crippen molar-refractivity contribution in [2.24, 2.45) is 0 Å². The molecule has 0 aliphatic carbocycles. The van der Waals surface area contributed by atoms with E-state index in [1.807, 2.05) is 31.2 Å². The van der Waals surface area contributed by atoms with Gasteiger partial charge in [-0.15, -0.1) is 0 Å².